The van der Waals surface area contributed by atoms with E-state index in [0.29, 0.717) is 30.0 Å². The average Bonchev–Trinajstić information content (AvgIpc) is 3.24. The summed E-state index contributed by atoms with van der Waals surface area (Å²) in [7, 11) is 0. The van der Waals surface area contributed by atoms with Gasteiger partial charge in [-0.2, -0.15) is 5.10 Å². The Balaban J connectivity index is 1.48. The molecule has 0 unspecified atom stereocenters. The number of amides is 1. The fourth-order valence-corrected chi connectivity index (χ4v) is 4.31. The maximum Gasteiger partial charge on any atom is 0.257 e. The van der Waals surface area contributed by atoms with Gasteiger partial charge in [-0.1, -0.05) is 12.1 Å². The number of thiazole rings is 1. The van der Waals surface area contributed by atoms with Crippen LogP contribution in [0.25, 0.3) is 5.69 Å². The van der Waals surface area contributed by atoms with E-state index in [1.807, 2.05) is 11.8 Å². The fraction of sp³-hybridized carbons (Fsp3) is 0.350. The number of hydrogen-bond acceptors (Lipinski definition) is 5. The summed E-state index contributed by atoms with van der Waals surface area (Å²) in [6.45, 7) is 8.64. The lowest BCUT2D eigenvalue weighted by atomic mass is 10.2. The second-order valence-corrected chi connectivity index (χ2v) is 8.11. The molecule has 28 heavy (non-hydrogen) atoms. The zero-order valence-corrected chi connectivity index (χ0v) is 17.0. The van der Waals surface area contributed by atoms with E-state index in [9.17, 15) is 9.18 Å². The molecule has 0 bridgehead atoms. The molecule has 0 N–H and O–H groups in total. The first-order valence-electron chi connectivity index (χ1n) is 9.23. The van der Waals surface area contributed by atoms with Gasteiger partial charge < -0.3 is 9.80 Å². The van der Waals surface area contributed by atoms with Crippen molar-refractivity contribution in [3.63, 3.8) is 0 Å². The van der Waals surface area contributed by atoms with Crippen molar-refractivity contribution in [2.75, 3.05) is 31.1 Å². The van der Waals surface area contributed by atoms with Gasteiger partial charge in [0.05, 0.1) is 23.1 Å². The first kappa shape index (κ1) is 18.6. The van der Waals surface area contributed by atoms with Crippen molar-refractivity contribution in [2.24, 2.45) is 0 Å². The second-order valence-electron chi connectivity index (χ2n) is 6.92. The Morgan fingerprint density at radius 3 is 2.46 bits per heavy atom. The molecule has 0 spiro atoms. The number of aryl methyl sites for hydroxylation is 2. The van der Waals surface area contributed by atoms with Gasteiger partial charge in [0.25, 0.3) is 5.91 Å². The summed E-state index contributed by atoms with van der Waals surface area (Å²) in [5.74, 6) is -0.429. The van der Waals surface area contributed by atoms with Gasteiger partial charge in [0.2, 0.25) is 0 Å². The van der Waals surface area contributed by atoms with Crippen LogP contribution < -0.4 is 4.90 Å². The molecule has 1 aliphatic rings. The quantitative estimate of drug-likeness (QED) is 0.678. The lowest BCUT2D eigenvalue weighted by Crippen LogP contribution is -2.48. The highest BCUT2D eigenvalue weighted by Gasteiger charge is 2.26. The number of piperazine rings is 1. The molecule has 3 aromatic rings. The van der Waals surface area contributed by atoms with Crippen molar-refractivity contribution in [3.8, 4) is 5.69 Å². The fourth-order valence-electron chi connectivity index (χ4n) is 3.35. The average molecular weight is 399 g/mol. The Hall–Kier alpha value is -2.74. The van der Waals surface area contributed by atoms with Crippen LogP contribution in [0.1, 0.15) is 26.6 Å². The summed E-state index contributed by atoms with van der Waals surface area (Å²) < 4.78 is 15.6. The smallest absolute Gasteiger partial charge is 0.257 e. The number of anilines is 1. The summed E-state index contributed by atoms with van der Waals surface area (Å²) in [6.07, 6.45) is 1.53. The van der Waals surface area contributed by atoms with E-state index in [1.54, 1.807) is 36.5 Å². The third-order valence-electron chi connectivity index (χ3n) is 5.18. The van der Waals surface area contributed by atoms with Crippen molar-refractivity contribution < 1.29 is 9.18 Å². The van der Waals surface area contributed by atoms with E-state index in [4.69, 9.17) is 0 Å². The van der Waals surface area contributed by atoms with Gasteiger partial charge in [0, 0.05) is 31.1 Å². The number of hydrogen-bond donors (Lipinski definition) is 0. The summed E-state index contributed by atoms with van der Waals surface area (Å²) in [5, 5.41) is 5.27. The van der Waals surface area contributed by atoms with Crippen LogP contribution in [0.5, 0.6) is 0 Å². The molecule has 0 aliphatic carbocycles. The Bertz CT molecular complexity index is 1000. The number of nitrogens with zero attached hydrogens (tertiary/aromatic N) is 5. The molecule has 1 aliphatic heterocycles. The number of rotatable bonds is 3. The van der Waals surface area contributed by atoms with E-state index in [0.717, 1.165) is 23.9 Å². The van der Waals surface area contributed by atoms with Crippen LogP contribution in [0.15, 0.2) is 30.5 Å². The third kappa shape index (κ3) is 3.28. The molecule has 1 fully saturated rings. The maximum absolute atomic E-state index is 14.1. The number of benzene rings is 1. The van der Waals surface area contributed by atoms with Crippen molar-refractivity contribution in [2.45, 2.75) is 20.8 Å². The molecule has 0 atom stereocenters. The molecule has 1 amide bonds. The number of aromatic nitrogens is 3. The number of carbonyl (C=O) groups is 1. The van der Waals surface area contributed by atoms with Gasteiger partial charge in [-0.3, -0.25) is 4.79 Å². The van der Waals surface area contributed by atoms with Gasteiger partial charge in [-0.15, -0.1) is 11.3 Å². The number of para-hydroxylation sites is 1. The monoisotopic (exact) mass is 399 g/mol. The van der Waals surface area contributed by atoms with Crippen LogP contribution in [0.3, 0.4) is 0 Å². The van der Waals surface area contributed by atoms with Gasteiger partial charge in [-0.25, -0.2) is 14.1 Å². The van der Waals surface area contributed by atoms with Crippen LogP contribution in [0.4, 0.5) is 9.52 Å². The topological polar surface area (TPSA) is 54.3 Å². The Labute approximate surface area is 167 Å². The minimum absolute atomic E-state index is 0.0637. The zero-order chi connectivity index (χ0) is 19.8. The van der Waals surface area contributed by atoms with Gasteiger partial charge >= 0.3 is 0 Å². The maximum atomic E-state index is 14.1. The van der Waals surface area contributed by atoms with Crippen LogP contribution in [0.2, 0.25) is 0 Å². The predicted molar refractivity (Wildman–Crippen MR) is 108 cm³/mol. The van der Waals surface area contributed by atoms with E-state index < -0.39 is 0 Å². The normalized spacial score (nSPS) is 14.6. The molecule has 146 valence electrons. The highest BCUT2D eigenvalue weighted by molar-refractivity contribution is 7.15. The molecule has 6 nitrogen and oxygen atoms in total. The number of carbonyl (C=O) groups excluding carboxylic acids is 1. The molecule has 3 heterocycles. The first-order chi connectivity index (χ1) is 13.5. The molecule has 2 aromatic heterocycles. The molecular weight excluding hydrogens is 377 g/mol. The minimum Gasteiger partial charge on any atom is -0.345 e. The summed E-state index contributed by atoms with van der Waals surface area (Å²) in [6, 6.07) is 6.43. The molecule has 4 rings (SSSR count). The molecule has 8 heteroatoms. The molecular formula is C20H22FN5OS. The van der Waals surface area contributed by atoms with Gasteiger partial charge in [0.15, 0.2) is 5.13 Å². The van der Waals surface area contributed by atoms with Crippen LogP contribution in [0, 0.1) is 26.6 Å². The number of halogens is 1. The SMILES string of the molecule is Cc1nc(N2CCN(C(=O)c3cnn(-c4ccccc4F)c3C)CC2)sc1C. The molecule has 0 radical (unpaired) electrons. The standard InChI is InChI=1S/C20H22FN5OS/c1-13-15(3)28-20(23-13)25-10-8-24(9-11-25)19(27)16-12-22-26(14(16)2)18-7-5-4-6-17(18)21/h4-7,12H,8-11H2,1-3H3. The Morgan fingerprint density at radius 2 is 1.82 bits per heavy atom. The largest absolute Gasteiger partial charge is 0.345 e. The third-order valence-corrected chi connectivity index (χ3v) is 6.31. The molecule has 1 aromatic carbocycles. The summed E-state index contributed by atoms with van der Waals surface area (Å²) in [5.41, 5.74) is 2.56. The Morgan fingerprint density at radius 1 is 1.11 bits per heavy atom. The zero-order valence-electron chi connectivity index (χ0n) is 16.1. The van der Waals surface area contributed by atoms with Crippen LogP contribution >= 0.6 is 11.3 Å². The van der Waals surface area contributed by atoms with Crippen molar-refractivity contribution in [3.05, 3.63) is 58.1 Å². The van der Waals surface area contributed by atoms with Gasteiger partial charge in [-0.05, 0) is 32.9 Å². The Kier molecular flexibility index (Phi) is 4.89. The van der Waals surface area contributed by atoms with E-state index in [-0.39, 0.29) is 11.7 Å². The van der Waals surface area contributed by atoms with Crippen molar-refractivity contribution >= 4 is 22.4 Å². The lowest BCUT2D eigenvalue weighted by Gasteiger charge is -2.34. The van der Waals surface area contributed by atoms with E-state index in [1.165, 1.54) is 21.8 Å². The lowest BCUT2D eigenvalue weighted by molar-refractivity contribution is 0.0746. The highest BCUT2D eigenvalue weighted by atomic mass is 32.1. The van der Waals surface area contributed by atoms with Crippen molar-refractivity contribution in [1.29, 1.82) is 0 Å². The van der Waals surface area contributed by atoms with Gasteiger partial charge in [0.1, 0.15) is 11.5 Å². The minimum atomic E-state index is -0.365. The highest BCUT2D eigenvalue weighted by Crippen LogP contribution is 2.26. The predicted octanol–water partition coefficient (Wildman–Crippen LogP) is 3.36. The van der Waals surface area contributed by atoms with Crippen LogP contribution in [-0.4, -0.2) is 51.8 Å². The summed E-state index contributed by atoms with van der Waals surface area (Å²) >= 11 is 1.69. The van der Waals surface area contributed by atoms with Crippen LogP contribution in [-0.2, 0) is 0 Å². The first-order valence-corrected chi connectivity index (χ1v) is 10.0. The summed E-state index contributed by atoms with van der Waals surface area (Å²) in [4.78, 5) is 22.9. The van der Waals surface area contributed by atoms with E-state index in [2.05, 4.69) is 21.9 Å². The second kappa shape index (κ2) is 7.35. The van der Waals surface area contributed by atoms with Crippen molar-refractivity contribution in [1.82, 2.24) is 19.7 Å². The van der Waals surface area contributed by atoms with E-state index >= 15 is 0 Å². The molecule has 1 saturated heterocycles. The molecule has 0 saturated carbocycles.